The number of carbonyl (C=O) groups is 1. The van der Waals surface area contributed by atoms with E-state index >= 15 is 0 Å². The van der Waals surface area contributed by atoms with Crippen molar-refractivity contribution in [3.05, 3.63) is 35.1 Å². The molecule has 1 aliphatic heterocycles. The Kier molecular flexibility index (Phi) is 4.61. The molecule has 1 unspecified atom stereocenters. The van der Waals surface area contributed by atoms with E-state index in [1.54, 1.807) is 4.90 Å². The lowest BCUT2D eigenvalue weighted by atomic mass is 10.0. The number of hydrogen-bond donors (Lipinski definition) is 2. The van der Waals surface area contributed by atoms with Crippen molar-refractivity contribution in [2.45, 2.75) is 12.5 Å². The van der Waals surface area contributed by atoms with Gasteiger partial charge in [0.25, 0.3) is 0 Å². The smallest absolute Gasteiger partial charge is 0.239 e. The fourth-order valence-electron chi connectivity index (χ4n) is 2.40. The Balaban J connectivity index is 2.37. The summed E-state index contributed by atoms with van der Waals surface area (Å²) in [5, 5.41) is 3.14. The number of nitrogens with two attached hydrogens (primary N) is 1. The predicted molar refractivity (Wildman–Crippen MR) is 67.3 cm³/mol. The average Bonchev–Trinajstić information content (AvgIpc) is 2.64. The van der Waals surface area contributed by atoms with E-state index in [1.807, 2.05) is 0 Å². The average molecular weight is 287 g/mol. The van der Waals surface area contributed by atoms with E-state index in [4.69, 9.17) is 5.73 Å². The number of hydrogen-bond acceptors (Lipinski definition) is 3. The molecule has 1 aromatic rings. The molecule has 3 N–H and O–H groups in total. The summed E-state index contributed by atoms with van der Waals surface area (Å²) in [6, 6.07) is 0.0553. The van der Waals surface area contributed by atoms with Gasteiger partial charge in [0, 0.05) is 31.3 Å². The van der Waals surface area contributed by atoms with Gasteiger partial charge in [-0.15, -0.1) is 0 Å². The van der Waals surface area contributed by atoms with Crippen molar-refractivity contribution in [2.75, 3.05) is 26.2 Å². The minimum absolute atomic E-state index is 0.224. The minimum atomic E-state index is -1.29. The second-order valence-corrected chi connectivity index (χ2v) is 4.73. The Labute approximate surface area is 114 Å². The van der Waals surface area contributed by atoms with Gasteiger partial charge in [0.1, 0.15) is 11.9 Å². The fourth-order valence-corrected chi connectivity index (χ4v) is 2.40. The maximum atomic E-state index is 13.8. The van der Waals surface area contributed by atoms with E-state index < -0.39 is 29.4 Å². The zero-order valence-corrected chi connectivity index (χ0v) is 10.8. The van der Waals surface area contributed by atoms with Crippen LogP contribution in [0, 0.1) is 17.5 Å². The van der Waals surface area contributed by atoms with E-state index in [-0.39, 0.29) is 5.56 Å². The van der Waals surface area contributed by atoms with Crippen molar-refractivity contribution >= 4 is 5.91 Å². The Morgan fingerprint density at radius 2 is 1.85 bits per heavy atom. The molecule has 0 radical (unpaired) electrons. The number of halogens is 3. The highest BCUT2D eigenvalue weighted by molar-refractivity contribution is 5.81. The van der Waals surface area contributed by atoms with Crippen molar-refractivity contribution < 1.29 is 18.0 Å². The normalized spacial score (nSPS) is 18.6. The van der Waals surface area contributed by atoms with Crippen LogP contribution in [0.1, 0.15) is 18.0 Å². The summed E-state index contributed by atoms with van der Waals surface area (Å²) < 4.78 is 40.1. The topological polar surface area (TPSA) is 58.4 Å². The van der Waals surface area contributed by atoms with Gasteiger partial charge < -0.3 is 11.1 Å². The van der Waals surface area contributed by atoms with Gasteiger partial charge in [-0.3, -0.25) is 9.69 Å². The molecule has 1 amide bonds. The molecule has 1 heterocycles. The molecular weight excluding hydrogens is 271 g/mol. The maximum Gasteiger partial charge on any atom is 0.239 e. The third kappa shape index (κ3) is 3.10. The van der Waals surface area contributed by atoms with Crippen LogP contribution in [0.5, 0.6) is 0 Å². The van der Waals surface area contributed by atoms with Crippen molar-refractivity contribution in [3.63, 3.8) is 0 Å². The molecule has 7 heteroatoms. The lowest BCUT2D eigenvalue weighted by molar-refractivity contribution is -0.123. The number of nitrogens with zero attached hydrogens (tertiary/aromatic N) is 1. The van der Waals surface area contributed by atoms with E-state index in [0.29, 0.717) is 31.8 Å². The lowest BCUT2D eigenvalue weighted by Gasteiger charge is -2.28. The summed E-state index contributed by atoms with van der Waals surface area (Å²) in [6.07, 6.45) is 0.759. The van der Waals surface area contributed by atoms with Crippen LogP contribution in [0.3, 0.4) is 0 Å². The molecule has 0 spiro atoms. The van der Waals surface area contributed by atoms with E-state index in [9.17, 15) is 18.0 Å². The van der Waals surface area contributed by atoms with Crippen LogP contribution >= 0.6 is 0 Å². The van der Waals surface area contributed by atoms with E-state index in [2.05, 4.69) is 5.32 Å². The van der Waals surface area contributed by atoms with E-state index in [0.717, 1.165) is 13.0 Å². The third-order valence-electron chi connectivity index (χ3n) is 3.34. The van der Waals surface area contributed by atoms with Crippen LogP contribution in [0.15, 0.2) is 12.1 Å². The molecule has 0 aliphatic carbocycles. The number of primary amides is 1. The quantitative estimate of drug-likeness (QED) is 0.813. The second kappa shape index (κ2) is 6.23. The van der Waals surface area contributed by atoms with Crippen molar-refractivity contribution in [2.24, 2.45) is 5.73 Å². The van der Waals surface area contributed by atoms with Crippen LogP contribution in [0.2, 0.25) is 0 Å². The summed E-state index contributed by atoms with van der Waals surface area (Å²) >= 11 is 0. The van der Waals surface area contributed by atoms with Gasteiger partial charge in [-0.25, -0.2) is 13.2 Å². The van der Waals surface area contributed by atoms with Crippen LogP contribution in [0.25, 0.3) is 0 Å². The molecule has 2 rings (SSSR count). The van der Waals surface area contributed by atoms with Gasteiger partial charge in [-0.05, 0) is 19.0 Å². The third-order valence-corrected chi connectivity index (χ3v) is 3.34. The zero-order chi connectivity index (χ0) is 14.7. The molecule has 20 heavy (non-hydrogen) atoms. The van der Waals surface area contributed by atoms with Gasteiger partial charge in [-0.1, -0.05) is 0 Å². The Morgan fingerprint density at radius 3 is 2.55 bits per heavy atom. The number of rotatable bonds is 3. The van der Waals surface area contributed by atoms with Crippen molar-refractivity contribution in [1.29, 1.82) is 0 Å². The molecule has 1 saturated heterocycles. The van der Waals surface area contributed by atoms with Crippen LogP contribution in [-0.4, -0.2) is 37.0 Å². The standard InChI is InChI=1S/C13H16F3N3O/c14-9-7-11(16)10(15)6-8(9)12(13(17)20)19-4-1-2-18-3-5-19/h6-7,12,18H,1-5H2,(H2,17,20). The summed E-state index contributed by atoms with van der Waals surface area (Å²) in [4.78, 5) is 13.3. The number of nitrogens with one attached hydrogen (secondary N) is 1. The Hall–Kier alpha value is -1.60. The first kappa shape index (κ1) is 14.8. The highest BCUT2D eigenvalue weighted by Gasteiger charge is 2.29. The van der Waals surface area contributed by atoms with Gasteiger partial charge in [0.05, 0.1) is 0 Å². The first-order chi connectivity index (χ1) is 9.50. The van der Waals surface area contributed by atoms with Gasteiger partial charge in [0.15, 0.2) is 11.6 Å². The van der Waals surface area contributed by atoms with Crippen molar-refractivity contribution in [3.8, 4) is 0 Å². The molecule has 110 valence electrons. The maximum absolute atomic E-state index is 13.8. The molecule has 1 aromatic carbocycles. The molecule has 0 saturated carbocycles. The Bertz CT molecular complexity index is 502. The first-order valence-corrected chi connectivity index (χ1v) is 6.39. The minimum Gasteiger partial charge on any atom is -0.368 e. The molecule has 1 atom stereocenters. The molecule has 4 nitrogen and oxygen atoms in total. The first-order valence-electron chi connectivity index (χ1n) is 6.39. The van der Waals surface area contributed by atoms with Crippen LogP contribution in [0.4, 0.5) is 13.2 Å². The van der Waals surface area contributed by atoms with Crippen LogP contribution < -0.4 is 11.1 Å². The SMILES string of the molecule is NC(=O)C(c1cc(F)c(F)cc1F)N1CCCNCC1. The zero-order valence-electron chi connectivity index (χ0n) is 10.8. The number of amides is 1. The van der Waals surface area contributed by atoms with Gasteiger partial charge >= 0.3 is 0 Å². The second-order valence-electron chi connectivity index (χ2n) is 4.73. The highest BCUT2D eigenvalue weighted by Crippen LogP contribution is 2.26. The summed E-state index contributed by atoms with van der Waals surface area (Å²) in [6.45, 7) is 2.41. The Morgan fingerprint density at radius 1 is 1.15 bits per heavy atom. The van der Waals surface area contributed by atoms with Gasteiger partial charge in [0.2, 0.25) is 5.91 Å². The molecule has 1 fully saturated rings. The molecule has 0 bridgehead atoms. The molecule has 0 aromatic heterocycles. The predicted octanol–water partition coefficient (Wildman–Crippen LogP) is 0.926. The number of carbonyl (C=O) groups excluding carboxylic acids is 1. The summed E-state index contributed by atoms with van der Waals surface area (Å²) in [5.74, 6) is -4.23. The summed E-state index contributed by atoms with van der Waals surface area (Å²) in [7, 11) is 0. The summed E-state index contributed by atoms with van der Waals surface area (Å²) in [5.41, 5.74) is 5.10. The largest absolute Gasteiger partial charge is 0.368 e. The molecule has 1 aliphatic rings. The van der Waals surface area contributed by atoms with Gasteiger partial charge in [-0.2, -0.15) is 0 Å². The van der Waals surface area contributed by atoms with Crippen molar-refractivity contribution in [1.82, 2.24) is 10.2 Å². The molecular formula is C13H16F3N3O. The highest BCUT2D eigenvalue weighted by atomic mass is 19.2. The van der Waals surface area contributed by atoms with Crippen LogP contribution in [-0.2, 0) is 4.79 Å². The lowest BCUT2D eigenvalue weighted by Crippen LogP contribution is -2.40. The van der Waals surface area contributed by atoms with E-state index in [1.165, 1.54) is 0 Å². The fraction of sp³-hybridized carbons (Fsp3) is 0.462. The number of benzene rings is 1. The monoisotopic (exact) mass is 287 g/mol.